The van der Waals surface area contributed by atoms with Crippen molar-refractivity contribution in [1.29, 1.82) is 0 Å². The van der Waals surface area contributed by atoms with Crippen molar-refractivity contribution in [1.82, 2.24) is 19.8 Å². The molecule has 1 atom stereocenters. The maximum atomic E-state index is 15.3. The van der Waals surface area contributed by atoms with E-state index in [0.29, 0.717) is 33.8 Å². The van der Waals surface area contributed by atoms with E-state index in [1.165, 1.54) is 12.3 Å². The van der Waals surface area contributed by atoms with Crippen LogP contribution in [0.15, 0.2) is 48.7 Å². The number of aromatic nitrogens is 2. The van der Waals surface area contributed by atoms with Gasteiger partial charge >= 0.3 is 5.97 Å². The standard InChI is InChI=1S/C30H38ClFN8O3S/c1-37(44(2)43)27-6-4-3-5-25(27)35-29-23(31)18-33-30(36-29)34-22-7-8-26(24(32)17-22)40-11-9-21(10-12-40)19-38-13-15-39(16-14-38)20-28(41)42/h3-8,17-18,21H,9-16,19-20H2,1-2H3,(H,41,42)(H2,33,34,35,36). The lowest BCUT2D eigenvalue weighted by molar-refractivity contribution is -0.138. The van der Waals surface area contributed by atoms with Gasteiger partial charge in [-0.1, -0.05) is 23.7 Å². The fraction of sp³-hybridized carbons (Fsp3) is 0.433. The number of rotatable bonds is 11. The summed E-state index contributed by atoms with van der Waals surface area (Å²) >= 11 is 6.38. The average Bonchev–Trinajstić information content (AvgIpc) is 3.00. The molecule has 0 amide bonds. The van der Waals surface area contributed by atoms with E-state index in [0.717, 1.165) is 64.3 Å². The number of nitrogens with one attached hydrogen (secondary N) is 2. The van der Waals surface area contributed by atoms with E-state index in [1.54, 1.807) is 23.7 Å². The molecule has 1 aromatic heterocycles. The first-order chi connectivity index (χ1) is 21.2. The van der Waals surface area contributed by atoms with Gasteiger partial charge in [-0.25, -0.2) is 13.6 Å². The van der Waals surface area contributed by atoms with Crippen LogP contribution in [0.1, 0.15) is 12.8 Å². The average molecular weight is 645 g/mol. The third kappa shape index (κ3) is 8.14. The summed E-state index contributed by atoms with van der Waals surface area (Å²) in [6.07, 6.45) is 5.03. The second-order valence-electron chi connectivity index (χ2n) is 11.1. The number of hydrogen-bond acceptors (Lipinski definition) is 9. The molecule has 3 aromatic rings. The van der Waals surface area contributed by atoms with Crippen LogP contribution in [0.25, 0.3) is 0 Å². The van der Waals surface area contributed by atoms with Gasteiger partial charge < -0.3 is 25.5 Å². The topological polar surface area (TPSA) is 117 Å². The summed E-state index contributed by atoms with van der Waals surface area (Å²) in [7, 11) is 0.516. The van der Waals surface area contributed by atoms with E-state index in [4.69, 9.17) is 16.7 Å². The highest BCUT2D eigenvalue weighted by molar-refractivity contribution is 7.85. The molecule has 5 rings (SSSR count). The van der Waals surface area contributed by atoms with Crippen molar-refractivity contribution in [3.05, 3.63) is 59.5 Å². The quantitative estimate of drug-likeness (QED) is 0.277. The van der Waals surface area contributed by atoms with E-state index < -0.39 is 17.0 Å². The molecule has 14 heteroatoms. The molecule has 0 radical (unpaired) electrons. The van der Waals surface area contributed by atoms with Crippen molar-refractivity contribution >= 4 is 63.1 Å². The van der Waals surface area contributed by atoms with Gasteiger partial charge in [-0.3, -0.25) is 14.0 Å². The molecule has 0 aliphatic carbocycles. The largest absolute Gasteiger partial charge is 0.480 e. The number of para-hydroxylation sites is 2. The Bertz CT molecular complexity index is 1480. The number of hydrogen-bond donors (Lipinski definition) is 3. The summed E-state index contributed by atoms with van der Waals surface area (Å²) in [6, 6.07) is 12.4. The Morgan fingerprint density at radius 2 is 1.80 bits per heavy atom. The molecule has 3 heterocycles. The molecular weight excluding hydrogens is 607 g/mol. The summed E-state index contributed by atoms with van der Waals surface area (Å²) in [5.74, 6) is 0.0518. The van der Waals surface area contributed by atoms with Crippen molar-refractivity contribution < 1.29 is 18.5 Å². The minimum absolute atomic E-state index is 0.105. The summed E-state index contributed by atoms with van der Waals surface area (Å²) in [5.41, 5.74) is 2.48. The normalized spacial score (nSPS) is 17.3. The van der Waals surface area contributed by atoms with Crippen molar-refractivity contribution in [2.24, 2.45) is 5.92 Å². The number of halogens is 2. The zero-order chi connectivity index (χ0) is 31.2. The van der Waals surface area contributed by atoms with Crippen LogP contribution in [0.5, 0.6) is 0 Å². The van der Waals surface area contributed by atoms with Gasteiger partial charge in [-0.15, -0.1) is 0 Å². The lowest BCUT2D eigenvalue weighted by Crippen LogP contribution is -2.49. The van der Waals surface area contributed by atoms with Crippen LogP contribution in [0.2, 0.25) is 5.02 Å². The van der Waals surface area contributed by atoms with E-state index in [9.17, 15) is 9.00 Å². The molecule has 236 valence electrons. The van der Waals surface area contributed by atoms with Gasteiger partial charge in [-0.2, -0.15) is 4.98 Å². The summed E-state index contributed by atoms with van der Waals surface area (Å²) in [5, 5.41) is 15.6. The van der Waals surface area contributed by atoms with Gasteiger partial charge in [0.1, 0.15) is 21.8 Å². The van der Waals surface area contributed by atoms with Crippen LogP contribution in [0.3, 0.4) is 0 Å². The van der Waals surface area contributed by atoms with Gasteiger partial charge in [0.15, 0.2) is 5.82 Å². The molecule has 44 heavy (non-hydrogen) atoms. The number of carboxylic acid groups (broad SMARTS) is 1. The first-order valence-electron chi connectivity index (χ1n) is 14.6. The number of piperazine rings is 1. The van der Waals surface area contributed by atoms with Crippen LogP contribution in [0, 0.1) is 11.7 Å². The lowest BCUT2D eigenvalue weighted by atomic mass is 9.95. The molecule has 2 aliphatic heterocycles. The molecule has 0 spiro atoms. The maximum Gasteiger partial charge on any atom is 0.317 e. The van der Waals surface area contributed by atoms with Gasteiger partial charge in [0.2, 0.25) is 5.95 Å². The second-order valence-corrected chi connectivity index (χ2v) is 12.9. The molecule has 2 aliphatic rings. The molecule has 0 saturated carbocycles. The highest BCUT2D eigenvalue weighted by atomic mass is 35.5. The third-order valence-corrected chi connectivity index (χ3v) is 9.37. The fourth-order valence-electron chi connectivity index (χ4n) is 5.65. The van der Waals surface area contributed by atoms with E-state index in [1.807, 2.05) is 35.2 Å². The molecule has 11 nitrogen and oxygen atoms in total. The summed E-state index contributed by atoms with van der Waals surface area (Å²) in [6.45, 7) is 6.00. The van der Waals surface area contributed by atoms with Crippen molar-refractivity contribution in [3.8, 4) is 0 Å². The Morgan fingerprint density at radius 3 is 2.48 bits per heavy atom. The summed E-state index contributed by atoms with van der Waals surface area (Å²) in [4.78, 5) is 26.2. The van der Waals surface area contributed by atoms with Crippen LogP contribution in [-0.2, 0) is 15.8 Å². The Hall–Kier alpha value is -3.52. The molecule has 2 saturated heterocycles. The first kappa shape index (κ1) is 31.9. The van der Waals surface area contributed by atoms with Crippen molar-refractivity contribution in [2.75, 3.05) is 85.5 Å². The Morgan fingerprint density at radius 1 is 1.09 bits per heavy atom. The van der Waals surface area contributed by atoms with E-state index in [2.05, 4.69) is 30.4 Å². The van der Waals surface area contributed by atoms with E-state index in [-0.39, 0.29) is 18.3 Å². The minimum atomic E-state index is -1.22. The Labute approximate surface area is 264 Å². The Kier molecular flexibility index (Phi) is 10.5. The SMILES string of the molecule is CN(c1ccccc1Nc1nc(Nc2ccc(N3CCC(CN4CCN(CC(=O)O)CC4)CC3)c(F)c2)ncc1Cl)S(C)=O. The van der Waals surface area contributed by atoms with Gasteiger partial charge in [0.05, 0.1) is 29.8 Å². The highest BCUT2D eigenvalue weighted by Gasteiger charge is 2.26. The number of benzene rings is 2. The maximum absolute atomic E-state index is 15.3. The Balaban J connectivity index is 1.16. The minimum Gasteiger partial charge on any atom is -0.480 e. The monoisotopic (exact) mass is 644 g/mol. The first-order valence-corrected chi connectivity index (χ1v) is 16.5. The molecule has 1 unspecified atom stereocenters. The molecule has 2 aromatic carbocycles. The van der Waals surface area contributed by atoms with Gasteiger partial charge in [0.25, 0.3) is 0 Å². The molecule has 0 bridgehead atoms. The predicted octanol–water partition coefficient (Wildman–Crippen LogP) is 4.40. The third-order valence-electron chi connectivity index (χ3n) is 8.13. The van der Waals surface area contributed by atoms with Crippen LogP contribution < -0.4 is 19.8 Å². The fourth-order valence-corrected chi connectivity index (χ4v) is 6.22. The number of carboxylic acids is 1. The van der Waals surface area contributed by atoms with Crippen molar-refractivity contribution in [3.63, 3.8) is 0 Å². The smallest absolute Gasteiger partial charge is 0.317 e. The van der Waals surface area contributed by atoms with Crippen LogP contribution >= 0.6 is 11.6 Å². The van der Waals surface area contributed by atoms with Crippen LogP contribution in [0.4, 0.5) is 38.9 Å². The number of carbonyl (C=O) groups is 1. The van der Waals surface area contributed by atoms with Gasteiger partial charge in [0, 0.05) is 64.8 Å². The van der Waals surface area contributed by atoms with Gasteiger partial charge in [-0.05, 0) is 49.1 Å². The predicted molar refractivity (Wildman–Crippen MR) is 174 cm³/mol. The zero-order valence-corrected chi connectivity index (χ0v) is 26.5. The zero-order valence-electron chi connectivity index (χ0n) is 24.9. The molecule has 2 fully saturated rings. The highest BCUT2D eigenvalue weighted by Crippen LogP contribution is 2.32. The molecule has 3 N–H and O–H groups in total. The lowest BCUT2D eigenvalue weighted by Gasteiger charge is -2.39. The van der Waals surface area contributed by atoms with E-state index >= 15 is 4.39 Å². The number of anilines is 6. The second kappa shape index (κ2) is 14.5. The molecular formula is C30H38ClFN8O3S. The number of piperidine rings is 1. The number of aliphatic carboxylic acids is 1. The number of nitrogens with zero attached hydrogens (tertiary/aromatic N) is 6. The van der Waals surface area contributed by atoms with Crippen molar-refractivity contribution in [2.45, 2.75) is 12.8 Å². The van der Waals surface area contributed by atoms with Crippen LogP contribution in [-0.4, -0.2) is 101 Å². The summed E-state index contributed by atoms with van der Waals surface area (Å²) < 4.78 is 29.0.